The van der Waals surface area contributed by atoms with Crippen LogP contribution in [0, 0.1) is 11.6 Å². The van der Waals surface area contributed by atoms with Gasteiger partial charge in [0.2, 0.25) is 5.91 Å². The minimum atomic E-state index is -0.777. The van der Waals surface area contributed by atoms with E-state index < -0.39 is 17.5 Å². The highest BCUT2D eigenvalue weighted by Crippen LogP contribution is 2.34. The Morgan fingerprint density at radius 3 is 2.69 bits per heavy atom. The van der Waals surface area contributed by atoms with E-state index in [0.717, 1.165) is 42.2 Å². The van der Waals surface area contributed by atoms with E-state index in [2.05, 4.69) is 16.5 Å². The third kappa shape index (κ3) is 5.07. The van der Waals surface area contributed by atoms with Crippen LogP contribution in [-0.4, -0.2) is 61.5 Å². The molecular formula is C28H27F2N7O2. The summed E-state index contributed by atoms with van der Waals surface area (Å²) in [6.45, 7) is 4.92. The number of amides is 2. The largest absolute Gasteiger partial charge is 0.383 e. The van der Waals surface area contributed by atoms with Gasteiger partial charge in [-0.25, -0.2) is 23.4 Å². The zero-order chi connectivity index (χ0) is 27.7. The zero-order valence-corrected chi connectivity index (χ0v) is 21.3. The highest BCUT2D eigenvalue weighted by atomic mass is 19.1. The summed E-state index contributed by atoms with van der Waals surface area (Å²) in [6, 6.07) is 10.1. The first-order chi connectivity index (χ1) is 18.8. The van der Waals surface area contributed by atoms with E-state index in [1.54, 1.807) is 4.90 Å². The van der Waals surface area contributed by atoms with Crippen molar-refractivity contribution in [1.29, 1.82) is 0 Å². The Balaban J connectivity index is 1.41. The maximum Gasteiger partial charge on any atom is 0.256 e. The summed E-state index contributed by atoms with van der Waals surface area (Å²) in [7, 11) is 1.53. The van der Waals surface area contributed by atoms with Gasteiger partial charge < -0.3 is 15.5 Å². The molecule has 1 aliphatic rings. The van der Waals surface area contributed by atoms with Crippen LogP contribution in [0.4, 0.5) is 14.6 Å². The summed E-state index contributed by atoms with van der Waals surface area (Å²) < 4.78 is 29.4. The molecule has 1 fully saturated rings. The number of likely N-dealkylation sites (tertiary alicyclic amines) is 1. The van der Waals surface area contributed by atoms with Crippen LogP contribution in [0.25, 0.3) is 22.3 Å². The van der Waals surface area contributed by atoms with Gasteiger partial charge in [-0.2, -0.15) is 5.10 Å². The lowest BCUT2D eigenvalue weighted by atomic mass is 10.1. The van der Waals surface area contributed by atoms with E-state index >= 15 is 0 Å². The van der Waals surface area contributed by atoms with E-state index in [1.165, 1.54) is 24.4 Å². The van der Waals surface area contributed by atoms with E-state index in [1.807, 2.05) is 28.9 Å². The van der Waals surface area contributed by atoms with Gasteiger partial charge in [-0.3, -0.25) is 9.59 Å². The molecule has 1 saturated heterocycles. The smallest absolute Gasteiger partial charge is 0.256 e. The summed E-state index contributed by atoms with van der Waals surface area (Å²) in [5.41, 5.74) is 8.68. The quantitative estimate of drug-likeness (QED) is 0.377. The minimum absolute atomic E-state index is 0.0876. The zero-order valence-electron chi connectivity index (χ0n) is 21.3. The molecule has 4 aromatic rings. The van der Waals surface area contributed by atoms with Gasteiger partial charge in [0, 0.05) is 32.2 Å². The minimum Gasteiger partial charge on any atom is -0.383 e. The van der Waals surface area contributed by atoms with Gasteiger partial charge in [-0.15, -0.1) is 0 Å². The SMILES string of the molecule is C=CC(=O)N1CCC[C@@H](n2nc(-c3ccc(CN(C)C(=O)c4cc(F)ccc4F)cc3)c3c(N)ncnc32)C1. The van der Waals surface area contributed by atoms with Gasteiger partial charge in [0.25, 0.3) is 5.91 Å². The number of benzene rings is 2. The molecule has 0 radical (unpaired) electrons. The van der Waals surface area contributed by atoms with Crippen molar-refractivity contribution in [3.8, 4) is 11.3 Å². The molecular weight excluding hydrogens is 504 g/mol. The number of fused-ring (bicyclic) bond motifs is 1. The van der Waals surface area contributed by atoms with Gasteiger partial charge in [0.05, 0.1) is 17.0 Å². The number of anilines is 1. The molecule has 2 N–H and O–H groups in total. The maximum atomic E-state index is 14.1. The normalized spacial score (nSPS) is 15.4. The molecule has 1 atom stereocenters. The molecule has 2 aromatic carbocycles. The van der Waals surface area contributed by atoms with Crippen LogP contribution in [0.5, 0.6) is 0 Å². The van der Waals surface area contributed by atoms with E-state index in [-0.39, 0.29) is 24.1 Å². The van der Waals surface area contributed by atoms with Crippen LogP contribution in [0.2, 0.25) is 0 Å². The van der Waals surface area contributed by atoms with Crippen LogP contribution >= 0.6 is 0 Å². The number of rotatable bonds is 6. The number of hydrogen-bond donors (Lipinski definition) is 1. The number of nitrogens with zero attached hydrogens (tertiary/aromatic N) is 6. The second-order valence-electron chi connectivity index (χ2n) is 9.52. The van der Waals surface area contributed by atoms with Crippen LogP contribution in [0.3, 0.4) is 0 Å². The number of nitrogens with two attached hydrogens (primary N) is 1. The fourth-order valence-electron chi connectivity index (χ4n) is 4.92. The van der Waals surface area contributed by atoms with Gasteiger partial charge in [0.15, 0.2) is 5.65 Å². The highest BCUT2D eigenvalue weighted by Gasteiger charge is 2.28. The first kappa shape index (κ1) is 26.0. The number of nitrogen functional groups attached to an aromatic ring is 1. The molecule has 0 spiro atoms. The van der Waals surface area contributed by atoms with Crippen LogP contribution in [-0.2, 0) is 11.3 Å². The van der Waals surface area contributed by atoms with Crippen LogP contribution in [0.15, 0.2) is 61.4 Å². The lowest BCUT2D eigenvalue weighted by molar-refractivity contribution is -0.127. The monoisotopic (exact) mass is 531 g/mol. The summed E-state index contributed by atoms with van der Waals surface area (Å²) in [4.78, 5) is 36.6. The molecule has 39 heavy (non-hydrogen) atoms. The van der Waals surface area contributed by atoms with Crippen molar-refractivity contribution in [3.63, 3.8) is 0 Å². The van der Waals surface area contributed by atoms with Gasteiger partial charge in [-0.05, 0) is 42.7 Å². The van der Waals surface area contributed by atoms with Crippen LogP contribution in [0.1, 0.15) is 34.8 Å². The molecule has 5 rings (SSSR count). The molecule has 2 aromatic heterocycles. The third-order valence-electron chi connectivity index (χ3n) is 6.90. The fourth-order valence-corrected chi connectivity index (χ4v) is 4.92. The number of halogens is 2. The van der Waals surface area contributed by atoms with Crippen molar-refractivity contribution in [1.82, 2.24) is 29.5 Å². The van der Waals surface area contributed by atoms with Crippen LogP contribution < -0.4 is 5.73 Å². The Kier molecular flexibility index (Phi) is 7.05. The van der Waals surface area contributed by atoms with Crippen molar-refractivity contribution < 1.29 is 18.4 Å². The Labute approximate surface area is 223 Å². The van der Waals surface area contributed by atoms with Crippen molar-refractivity contribution >= 4 is 28.7 Å². The summed E-state index contributed by atoms with van der Waals surface area (Å²) in [6.07, 6.45) is 4.36. The fraction of sp³-hybridized carbons (Fsp3) is 0.250. The number of hydrogen-bond acceptors (Lipinski definition) is 6. The van der Waals surface area contributed by atoms with E-state index in [0.29, 0.717) is 35.6 Å². The number of carbonyl (C=O) groups is 2. The predicted octanol–water partition coefficient (Wildman–Crippen LogP) is 3.98. The molecule has 9 nitrogen and oxygen atoms in total. The Bertz CT molecular complexity index is 1570. The topological polar surface area (TPSA) is 110 Å². The van der Waals surface area contributed by atoms with Crippen molar-refractivity contribution in [2.45, 2.75) is 25.4 Å². The Morgan fingerprint density at radius 2 is 1.95 bits per heavy atom. The molecule has 2 amide bonds. The molecule has 0 saturated carbocycles. The van der Waals surface area contributed by atoms with E-state index in [4.69, 9.17) is 10.8 Å². The predicted molar refractivity (Wildman–Crippen MR) is 142 cm³/mol. The second kappa shape index (κ2) is 10.6. The average Bonchev–Trinajstić information content (AvgIpc) is 3.35. The average molecular weight is 532 g/mol. The molecule has 11 heteroatoms. The Morgan fingerprint density at radius 1 is 1.18 bits per heavy atom. The lowest BCUT2D eigenvalue weighted by Gasteiger charge is -2.32. The summed E-state index contributed by atoms with van der Waals surface area (Å²) in [5, 5.41) is 5.49. The third-order valence-corrected chi connectivity index (χ3v) is 6.90. The molecule has 0 aliphatic carbocycles. The molecule has 1 aliphatic heterocycles. The first-order valence-corrected chi connectivity index (χ1v) is 12.5. The lowest BCUT2D eigenvalue weighted by Crippen LogP contribution is -2.40. The molecule has 0 unspecified atom stereocenters. The Hall–Kier alpha value is -4.67. The summed E-state index contributed by atoms with van der Waals surface area (Å²) in [5.74, 6) is -1.91. The van der Waals surface area contributed by atoms with Gasteiger partial charge >= 0.3 is 0 Å². The van der Waals surface area contributed by atoms with Gasteiger partial charge in [-0.1, -0.05) is 30.8 Å². The molecule has 0 bridgehead atoms. The highest BCUT2D eigenvalue weighted by molar-refractivity contribution is 5.98. The molecule has 200 valence electrons. The number of carbonyl (C=O) groups excluding carboxylic acids is 2. The van der Waals surface area contributed by atoms with Gasteiger partial charge in [0.1, 0.15) is 29.5 Å². The standard InChI is InChI=1S/C28H27F2N7O2/c1-3-23(38)36-12-4-5-20(15-36)37-27-24(26(31)32-16-33-27)25(34-37)18-8-6-17(7-9-18)14-35(2)28(39)21-13-19(29)10-11-22(21)30/h3,6-11,13,16,20H,1,4-5,12,14-15H2,2H3,(H2,31,32,33)/t20-/m1/s1. The summed E-state index contributed by atoms with van der Waals surface area (Å²) >= 11 is 0. The van der Waals surface area contributed by atoms with Crippen molar-refractivity contribution in [2.75, 3.05) is 25.9 Å². The van der Waals surface area contributed by atoms with Crippen molar-refractivity contribution in [2.24, 2.45) is 0 Å². The number of aromatic nitrogens is 4. The van der Waals surface area contributed by atoms with E-state index in [9.17, 15) is 18.4 Å². The molecule has 3 heterocycles. The number of piperidine rings is 1. The second-order valence-corrected chi connectivity index (χ2v) is 9.52. The first-order valence-electron chi connectivity index (χ1n) is 12.5. The maximum absolute atomic E-state index is 14.1. The van der Waals surface area contributed by atoms with Crippen molar-refractivity contribution in [3.05, 3.63) is 84.2 Å².